The maximum Gasteiger partial charge on any atom is 0.155 e. The van der Waals surface area contributed by atoms with Crippen LogP contribution in [0, 0.1) is 5.82 Å². The number of aliphatic hydroxyl groups excluding tert-OH is 2. The van der Waals surface area contributed by atoms with E-state index < -0.39 is 33.6 Å². The smallest absolute Gasteiger partial charge is 0.155 e. The predicted octanol–water partition coefficient (Wildman–Crippen LogP) is 0.265. The first kappa shape index (κ1) is 13.1. The van der Waals surface area contributed by atoms with Crippen molar-refractivity contribution >= 4 is 9.84 Å². The van der Waals surface area contributed by atoms with Gasteiger partial charge in [0.1, 0.15) is 11.1 Å². The summed E-state index contributed by atoms with van der Waals surface area (Å²) in [4.78, 5) is 0. The van der Waals surface area contributed by atoms with Gasteiger partial charge in [-0.3, -0.25) is 0 Å². The first-order chi connectivity index (χ1) is 7.36. The van der Waals surface area contributed by atoms with Crippen molar-refractivity contribution in [2.45, 2.75) is 11.4 Å². The topological polar surface area (TPSA) is 74.6 Å². The molecule has 0 saturated carbocycles. The highest BCUT2D eigenvalue weighted by Crippen LogP contribution is 2.22. The van der Waals surface area contributed by atoms with Gasteiger partial charge in [-0.2, -0.15) is 0 Å². The minimum atomic E-state index is -3.60. The fourth-order valence-electron chi connectivity index (χ4n) is 1.37. The zero-order valence-electron chi connectivity index (χ0n) is 8.67. The maximum absolute atomic E-state index is 12.9. The lowest BCUT2D eigenvalue weighted by Gasteiger charge is -2.19. The first-order valence-electron chi connectivity index (χ1n) is 4.59. The van der Waals surface area contributed by atoms with Gasteiger partial charge < -0.3 is 10.2 Å². The van der Waals surface area contributed by atoms with Crippen molar-refractivity contribution in [2.75, 3.05) is 12.9 Å². The van der Waals surface area contributed by atoms with Gasteiger partial charge >= 0.3 is 0 Å². The van der Waals surface area contributed by atoms with Gasteiger partial charge in [-0.05, 0) is 17.7 Å². The molecule has 0 spiro atoms. The molecule has 0 aliphatic carbocycles. The first-order valence-corrected chi connectivity index (χ1v) is 6.55. The molecule has 0 aromatic heterocycles. The second-order valence-electron chi connectivity index (χ2n) is 3.55. The van der Waals surface area contributed by atoms with Gasteiger partial charge in [-0.1, -0.05) is 12.1 Å². The third-order valence-corrected chi connectivity index (χ3v) is 3.78. The Balaban J connectivity index is 3.05. The molecule has 2 N–H and O–H groups in total. The molecule has 0 unspecified atom stereocenters. The molecule has 1 aromatic carbocycles. The number of rotatable bonds is 4. The summed E-state index contributed by atoms with van der Waals surface area (Å²) in [5.74, 6) is -0.568. The predicted molar refractivity (Wildman–Crippen MR) is 57.1 cm³/mol. The van der Waals surface area contributed by atoms with Crippen LogP contribution in [0.15, 0.2) is 24.3 Å². The third-order valence-electron chi connectivity index (χ3n) is 2.27. The van der Waals surface area contributed by atoms with Crippen molar-refractivity contribution < 1.29 is 23.0 Å². The number of sulfone groups is 1. The Kier molecular flexibility index (Phi) is 4.01. The van der Waals surface area contributed by atoms with E-state index in [0.717, 1.165) is 12.3 Å². The van der Waals surface area contributed by atoms with Gasteiger partial charge in [-0.15, -0.1) is 0 Å². The van der Waals surface area contributed by atoms with E-state index in [1.54, 1.807) is 0 Å². The molecular weight excluding hydrogens is 235 g/mol. The average Bonchev–Trinajstić information content (AvgIpc) is 2.16. The number of halogens is 1. The highest BCUT2D eigenvalue weighted by molar-refractivity contribution is 7.91. The molecule has 0 saturated heterocycles. The number of benzene rings is 1. The molecular formula is C10H13FO4S. The van der Waals surface area contributed by atoms with Crippen molar-refractivity contribution in [3.63, 3.8) is 0 Å². The fraction of sp³-hybridized carbons (Fsp3) is 0.400. The van der Waals surface area contributed by atoms with Crippen LogP contribution in [0.5, 0.6) is 0 Å². The summed E-state index contributed by atoms with van der Waals surface area (Å²) in [7, 11) is -3.60. The van der Waals surface area contributed by atoms with Crippen LogP contribution in [0.1, 0.15) is 11.7 Å². The monoisotopic (exact) mass is 248 g/mol. The van der Waals surface area contributed by atoms with Crippen molar-refractivity contribution in [3.8, 4) is 0 Å². The van der Waals surface area contributed by atoms with E-state index in [1.165, 1.54) is 18.2 Å². The van der Waals surface area contributed by atoms with Crippen LogP contribution in [-0.4, -0.2) is 36.7 Å². The lowest BCUT2D eigenvalue weighted by Crippen LogP contribution is -2.31. The summed E-state index contributed by atoms with van der Waals surface area (Å²) < 4.78 is 35.4. The number of hydrogen-bond acceptors (Lipinski definition) is 4. The number of hydrogen-bond donors (Lipinski definition) is 2. The lowest BCUT2D eigenvalue weighted by molar-refractivity contribution is 0.138. The Morgan fingerprint density at radius 3 is 2.50 bits per heavy atom. The molecule has 16 heavy (non-hydrogen) atoms. The van der Waals surface area contributed by atoms with Gasteiger partial charge in [0.25, 0.3) is 0 Å². The van der Waals surface area contributed by atoms with E-state index in [-0.39, 0.29) is 5.56 Å². The van der Waals surface area contributed by atoms with Crippen LogP contribution in [0.3, 0.4) is 0 Å². The molecule has 6 heteroatoms. The molecule has 2 atom stereocenters. The Bertz CT molecular complexity index is 458. The summed E-state index contributed by atoms with van der Waals surface area (Å²) in [5.41, 5.74) is 0.129. The number of aliphatic hydroxyl groups is 2. The van der Waals surface area contributed by atoms with Crippen molar-refractivity contribution in [1.29, 1.82) is 0 Å². The minimum absolute atomic E-state index is 0.129. The largest absolute Gasteiger partial charge is 0.395 e. The Labute approximate surface area is 93.3 Å². The summed E-state index contributed by atoms with van der Waals surface area (Å²) >= 11 is 0. The van der Waals surface area contributed by atoms with Crippen LogP contribution in [0.4, 0.5) is 4.39 Å². The van der Waals surface area contributed by atoms with Gasteiger partial charge in [0.15, 0.2) is 9.84 Å². The van der Waals surface area contributed by atoms with Gasteiger partial charge in [-0.25, -0.2) is 12.8 Å². The Hall–Kier alpha value is -0.980. The third kappa shape index (κ3) is 3.01. The summed E-state index contributed by atoms with van der Waals surface area (Å²) in [6.07, 6.45) is -0.521. The Morgan fingerprint density at radius 2 is 2.06 bits per heavy atom. The normalized spacial score (nSPS) is 15.8. The molecule has 0 amide bonds. The molecule has 1 rings (SSSR count). The molecule has 0 heterocycles. The van der Waals surface area contributed by atoms with Crippen LogP contribution in [0.2, 0.25) is 0 Å². The molecule has 0 aliphatic rings. The van der Waals surface area contributed by atoms with Crippen LogP contribution < -0.4 is 0 Å². The molecule has 1 aromatic rings. The zero-order valence-corrected chi connectivity index (χ0v) is 9.48. The fourth-order valence-corrected chi connectivity index (χ4v) is 2.27. The average molecular weight is 248 g/mol. The minimum Gasteiger partial charge on any atom is -0.395 e. The van der Waals surface area contributed by atoms with E-state index in [2.05, 4.69) is 0 Å². The highest BCUT2D eigenvalue weighted by atomic mass is 32.2. The zero-order chi connectivity index (χ0) is 12.3. The van der Waals surface area contributed by atoms with Crippen LogP contribution in [0.25, 0.3) is 0 Å². The summed E-state index contributed by atoms with van der Waals surface area (Å²) in [6.45, 7) is -0.712. The van der Waals surface area contributed by atoms with Gasteiger partial charge in [0.2, 0.25) is 0 Å². The highest BCUT2D eigenvalue weighted by Gasteiger charge is 2.29. The molecule has 0 bridgehead atoms. The van der Waals surface area contributed by atoms with E-state index in [4.69, 9.17) is 5.11 Å². The van der Waals surface area contributed by atoms with E-state index in [1.807, 2.05) is 0 Å². The molecule has 0 aliphatic heterocycles. The maximum atomic E-state index is 12.9. The van der Waals surface area contributed by atoms with E-state index >= 15 is 0 Å². The van der Waals surface area contributed by atoms with Crippen molar-refractivity contribution in [1.82, 2.24) is 0 Å². The molecule has 0 radical (unpaired) electrons. The van der Waals surface area contributed by atoms with Gasteiger partial charge in [0, 0.05) is 6.26 Å². The Morgan fingerprint density at radius 1 is 1.44 bits per heavy atom. The van der Waals surface area contributed by atoms with Gasteiger partial charge in [0.05, 0.1) is 12.7 Å². The van der Waals surface area contributed by atoms with Crippen LogP contribution >= 0.6 is 0 Å². The lowest BCUT2D eigenvalue weighted by atomic mass is 10.1. The second-order valence-corrected chi connectivity index (χ2v) is 5.81. The molecule has 0 fully saturated rings. The van der Waals surface area contributed by atoms with Crippen molar-refractivity contribution in [3.05, 3.63) is 35.6 Å². The van der Waals surface area contributed by atoms with E-state index in [9.17, 15) is 17.9 Å². The summed E-state index contributed by atoms with van der Waals surface area (Å²) in [6, 6.07) is 5.00. The standard InChI is InChI=1S/C10H13FO4S/c1-16(14,15)9(6-12)10(13)7-3-2-4-8(11)5-7/h2-5,9-10,12-13H,6H2,1H3/t9-,10-/m1/s1. The SMILES string of the molecule is CS(=O)(=O)[C@H](CO)[C@H](O)c1cccc(F)c1. The molecule has 4 nitrogen and oxygen atoms in total. The van der Waals surface area contributed by atoms with Crippen LogP contribution in [-0.2, 0) is 9.84 Å². The second kappa shape index (κ2) is 4.90. The van der Waals surface area contributed by atoms with Crippen molar-refractivity contribution in [2.24, 2.45) is 0 Å². The van der Waals surface area contributed by atoms with E-state index in [0.29, 0.717) is 0 Å². The quantitative estimate of drug-likeness (QED) is 0.801. The summed E-state index contributed by atoms with van der Waals surface area (Å²) in [5, 5.41) is 17.3. The molecule has 90 valence electrons.